The molecule has 0 aliphatic carbocycles. The van der Waals surface area contributed by atoms with Crippen molar-refractivity contribution in [2.75, 3.05) is 0 Å². The maximum atomic E-state index is 11.6. The maximum absolute atomic E-state index is 11.6. The van der Waals surface area contributed by atoms with Gasteiger partial charge in [-0.05, 0) is 37.0 Å². The summed E-state index contributed by atoms with van der Waals surface area (Å²) in [4.78, 5) is 38.9. The number of hydroxylamine groups is 2. The Morgan fingerprint density at radius 3 is 2.33 bits per heavy atom. The van der Waals surface area contributed by atoms with Crippen LogP contribution in [0, 0.1) is 0 Å². The largest absolute Gasteiger partial charge is 0.333 e. The highest BCUT2D eigenvalue weighted by Crippen LogP contribution is 2.14. The second kappa shape index (κ2) is 7.22. The number of rotatable bonds is 6. The Balaban J connectivity index is 1.66. The van der Waals surface area contributed by atoms with Crippen LogP contribution in [0.25, 0.3) is 0 Å². The maximum Gasteiger partial charge on any atom is 0.333 e. The van der Waals surface area contributed by atoms with Gasteiger partial charge in [0.15, 0.2) is 0 Å². The van der Waals surface area contributed by atoms with Gasteiger partial charge >= 0.3 is 5.97 Å². The molecule has 0 atom stereocenters. The highest BCUT2D eigenvalue weighted by Gasteiger charge is 2.32. The lowest BCUT2D eigenvalue weighted by molar-refractivity contribution is -0.197. The van der Waals surface area contributed by atoms with Crippen molar-refractivity contribution >= 4 is 29.4 Å². The summed E-state index contributed by atoms with van der Waals surface area (Å²) in [6.07, 6.45) is 2.71. The van der Waals surface area contributed by atoms with Crippen LogP contribution in [0.2, 0.25) is 5.02 Å². The number of carbonyl (C=O) groups is 3. The van der Waals surface area contributed by atoms with Gasteiger partial charge in [0.05, 0.1) is 0 Å². The van der Waals surface area contributed by atoms with Gasteiger partial charge in [-0.1, -0.05) is 23.7 Å². The lowest BCUT2D eigenvalue weighted by Gasteiger charge is -2.12. The molecule has 6 heteroatoms. The summed E-state index contributed by atoms with van der Waals surface area (Å²) >= 11 is 5.80. The van der Waals surface area contributed by atoms with Gasteiger partial charge in [0.25, 0.3) is 11.8 Å². The van der Waals surface area contributed by atoms with Crippen molar-refractivity contribution < 1.29 is 19.2 Å². The van der Waals surface area contributed by atoms with Crippen molar-refractivity contribution in [3.63, 3.8) is 0 Å². The van der Waals surface area contributed by atoms with Crippen molar-refractivity contribution in [2.24, 2.45) is 0 Å². The average Bonchev–Trinajstić information content (AvgIpc) is 2.77. The van der Waals surface area contributed by atoms with Gasteiger partial charge in [0, 0.05) is 24.3 Å². The molecule has 0 aromatic heterocycles. The number of imide groups is 1. The van der Waals surface area contributed by atoms with E-state index in [-0.39, 0.29) is 19.3 Å². The number of aryl methyl sites for hydroxylation is 1. The molecule has 0 N–H and O–H groups in total. The number of hydrogen-bond donors (Lipinski definition) is 0. The minimum Gasteiger partial charge on any atom is -0.330 e. The highest BCUT2D eigenvalue weighted by molar-refractivity contribution is 6.30. The van der Waals surface area contributed by atoms with E-state index >= 15 is 0 Å². The van der Waals surface area contributed by atoms with E-state index in [2.05, 4.69) is 0 Å². The van der Waals surface area contributed by atoms with Crippen LogP contribution in [0.4, 0.5) is 0 Å². The number of carbonyl (C=O) groups excluding carboxylic acids is 3. The van der Waals surface area contributed by atoms with Crippen LogP contribution in [0.3, 0.4) is 0 Å². The van der Waals surface area contributed by atoms with Crippen molar-refractivity contribution in [3.05, 3.63) is 34.9 Å². The number of amides is 2. The van der Waals surface area contributed by atoms with E-state index in [1.54, 1.807) is 0 Å². The minimum absolute atomic E-state index is 0.114. The molecule has 0 spiro atoms. The molecule has 1 aromatic rings. The average molecular weight is 310 g/mol. The molecule has 0 unspecified atom stereocenters. The van der Waals surface area contributed by atoms with Crippen molar-refractivity contribution in [1.82, 2.24) is 5.06 Å². The Morgan fingerprint density at radius 1 is 1.10 bits per heavy atom. The fraction of sp³-hybridized carbons (Fsp3) is 0.400. The fourth-order valence-corrected chi connectivity index (χ4v) is 2.18. The number of benzene rings is 1. The van der Waals surface area contributed by atoms with Gasteiger partial charge in [0.2, 0.25) is 0 Å². The Hall–Kier alpha value is -1.88. The minimum atomic E-state index is -0.547. The standard InChI is InChI=1S/C15H16ClNO4/c16-12-7-5-11(6-8-12)3-1-2-4-15(20)21-17-13(18)9-10-14(17)19/h5-8H,1-4,9-10H2. The molecule has 2 amide bonds. The predicted octanol–water partition coefficient (Wildman–Crippen LogP) is 2.66. The predicted molar refractivity (Wildman–Crippen MR) is 76.2 cm³/mol. The van der Waals surface area contributed by atoms with Crippen LogP contribution in [0.15, 0.2) is 24.3 Å². The number of hydrogen-bond acceptors (Lipinski definition) is 4. The smallest absolute Gasteiger partial charge is 0.330 e. The number of halogens is 1. The second-order valence-electron chi connectivity index (χ2n) is 4.88. The van der Waals surface area contributed by atoms with Crippen molar-refractivity contribution in [2.45, 2.75) is 38.5 Å². The van der Waals surface area contributed by atoms with E-state index in [0.717, 1.165) is 18.4 Å². The summed E-state index contributed by atoms with van der Waals surface area (Å²) < 4.78 is 0. The highest BCUT2D eigenvalue weighted by atomic mass is 35.5. The van der Waals surface area contributed by atoms with Crippen molar-refractivity contribution in [3.8, 4) is 0 Å². The molecule has 1 aliphatic rings. The molecule has 112 valence electrons. The fourth-order valence-electron chi connectivity index (χ4n) is 2.05. The first kappa shape index (κ1) is 15.5. The zero-order valence-corrected chi connectivity index (χ0v) is 12.3. The summed E-state index contributed by atoms with van der Waals surface area (Å²) in [5.74, 6) is -1.45. The van der Waals surface area contributed by atoms with Gasteiger partial charge in [0.1, 0.15) is 0 Å². The lowest BCUT2D eigenvalue weighted by Crippen LogP contribution is -2.31. The molecule has 0 saturated carbocycles. The zero-order valence-electron chi connectivity index (χ0n) is 11.5. The first-order valence-electron chi connectivity index (χ1n) is 6.87. The Bertz CT molecular complexity index is 525. The van der Waals surface area contributed by atoms with Crippen LogP contribution in [-0.2, 0) is 25.6 Å². The summed E-state index contributed by atoms with van der Waals surface area (Å²) in [6.45, 7) is 0. The van der Waals surface area contributed by atoms with Crippen LogP contribution in [-0.4, -0.2) is 22.8 Å². The van der Waals surface area contributed by atoms with E-state index in [0.29, 0.717) is 16.5 Å². The van der Waals surface area contributed by atoms with E-state index in [4.69, 9.17) is 16.4 Å². The Kier molecular flexibility index (Phi) is 5.33. The van der Waals surface area contributed by atoms with Crippen LogP contribution < -0.4 is 0 Å². The topological polar surface area (TPSA) is 63.7 Å². The molecular weight excluding hydrogens is 294 g/mol. The van der Waals surface area contributed by atoms with E-state index in [1.807, 2.05) is 24.3 Å². The Morgan fingerprint density at radius 2 is 1.71 bits per heavy atom. The van der Waals surface area contributed by atoms with Gasteiger partial charge in [-0.2, -0.15) is 0 Å². The molecule has 21 heavy (non-hydrogen) atoms. The van der Waals surface area contributed by atoms with Gasteiger partial charge in [-0.15, -0.1) is 5.06 Å². The third-order valence-electron chi connectivity index (χ3n) is 3.21. The van der Waals surface area contributed by atoms with Gasteiger partial charge < -0.3 is 4.84 Å². The lowest BCUT2D eigenvalue weighted by atomic mass is 10.1. The molecule has 5 nitrogen and oxygen atoms in total. The zero-order chi connectivity index (χ0) is 15.2. The van der Waals surface area contributed by atoms with E-state index in [9.17, 15) is 14.4 Å². The van der Waals surface area contributed by atoms with Crippen LogP contribution in [0.1, 0.15) is 37.7 Å². The summed E-state index contributed by atoms with van der Waals surface area (Å²) in [5, 5.41) is 1.28. The summed E-state index contributed by atoms with van der Waals surface area (Å²) in [5.41, 5.74) is 1.15. The molecule has 1 aromatic carbocycles. The number of nitrogens with zero attached hydrogens (tertiary/aromatic N) is 1. The third kappa shape index (κ3) is 4.56. The van der Waals surface area contributed by atoms with Gasteiger partial charge in [-0.25, -0.2) is 4.79 Å². The first-order valence-corrected chi connectivity index (χ1v) is 7.25. The molecule has 1 heterocycles. The monoisotopic (exact) mass is 309 g/mol. The third-order valence-corrected chi connectivity index (χ3v) is 3.46. The molecule has 1 aliphatic heterocycles. The summed E-state index contributed by atoms with van der Waals surface area (Å²) in [6, 6.07) is 7.55. The molecular formula is C15H16ClNO4. The second-order valence-corrected chi connectivity index (χ2v) is 5.32. The molecule has 0 bridgehead atoms. The van der Waals surface area contributed by atoms with Gasteiger partial charge in [-0.3, -0.25) is 9.59 Å². The summed E-state index contributed by atoms with van der Waals surface area (Å²) in [7, 11) is 0. The quantitative estimate of drug-likeness (QED) is 0.598. The normalized spacial score (nSPS) is 14.6. The molecule has 0 radical (unpaired) electrons. The molecule has 1 saturated heterocycles. The molecule has 2 rings (SSSR count). The SMILES string of the molecule is O=C(CCCCc1ccc(Cl)cc1)ON1C(=O)CCC1=O. The van der Waals surface area contributed by atoms with Crippen LogP contribution in [0.5, 0.6) is 0 Å². The van der Waals surface area contributed by atoms with Crippen molar-refractivity contribution in [1.29, 1.82) is 0 Å². The van der Waals surface area contributed by atoms with E-state index < -0.39 is 17.8 Å². The Labute approximate surface area is 127 Å². The first-order chi connectivity index (χ1) is 10.1. The molecule has 1 fully saturated rings. The van der Waals surface area contributed by atoms with E-state index in [1.165, 1.54) is 0 Å². The van der Waals surface area contributed by atoms with Crippen LogP contribution >= 0.6 is 11.6 Å². The number of unbranched alkanes of at least 4 members (excludes halogenated alkanes) is 1.